The van der Waals surface area contributed by atoms with E-state index in [-0.39, 0.29) is 0 Å². The van der Waals surface area contributed by atoms with Gasteiger partial charge < -0.3 is 14.2 Å². The zero-order valence-electron chi connectivity index (χ0n) is 14.8. The number of benzene rings is 3. The third-order valence-electron chi connectivity index (χ3n) is 4.03. The van der Waals surface area contributed by atoms with E-state index in [9.17, 15) is 4.79 Å². The molecule has 26 heavy (non-hydrogen) atoms. The molecule has 0 radical (unpaired) electrons. The summed E-state index contributed by atoms with van der Waals surface area (Å²) in [5.41, 5.74) is 2.19. The molecule has 132 valence electrons. The molecule has 4 nitrogen and oxygen atoms in total. The van der Waals surface area contributed by atoms with Crippen molar-refractivity contribution in [3.63, 3.8) is 0 Å². The number of carbonyl (C=O) groups is 1. The highest BCUT2D eigenvalue weighted by Crippen LogP contribution is 2.29. The van der Waals surface area contributed by atoms with Crippen LogP contribution in [0.4, 0.5) is 0 Å². The van der Waals surface area contributed by atoms with Gasteiger partial charge in [-0.2, -0.15) is 0 Å². The molecule has 0 N–H and O–H groups in total. The van der Waals surface area contributed by atoms with E-state index in [1.165, 1.54) is 20.5 Å². The van der Waals surface area contributed by atoms with Crippen molar-refractivity contribution in [1.29, 1.82) is 0 Å². The monoisotopic (exact) mass is 348 g/mol. The fraction of sp³-hybridized carbons (Fsp3) is 0.136. The first-order chi connectivity index (χ1) is 12.7. The van der Waals surface area contributed by atoms with E-state index in [4.69, 9.17) is 14.2 Å². The molecule has 3 rings (SSSR count). The second-order valence-corrected chi connectivity index (χ2v) is 5.72. The Kier molecular flexibility index (Phi) is 5.54. The zero-order chi connectivity index (χ0) is 18.4. The Balaban J connectivity index is 1.97. The van der Waals surface area contributed by atoms with Gasteiger partial charge in [0.1, 0.15) is 17.9 Å². The molecule has 0 amide bonds. The topological polar surface area (TPSA) is 44.8 Å². The van der Waals surface area contributed by atoms with Gasteiger partial charge in [-0.15, -0.1) is 0 Å². The molecule has 0 aliphatic heterocycles. The Bertz CT molecular complexity index is 929. The number of hydrogen-bond donors (Lipinski definition) is 0. The van der Waals surface area contributed by atoms with Gasteiger partial charge in [0.05, 0.1) is 20.5 Å². The van der Waals surface area contributed by atoms with Crippen LogP contribution in [0.15, 0.2) is 73.0 Å². The van der Waals surface area contributed by atoms with Gasteiger partial charge in [-0.3, -0.25) is 0 Å². The third-order valence-corrected chi connectivity index (χ3v) is 4.03. The molecular weight excluding hydrogens is 328 g/mol. The molecule has 3 aromatic carbocycles. The first kappa shape index (κ1) is 17.5. The molecule has 0 fully saturated rings. The second kappa shape index (κ2) is 8.21. The highest BCUT2D eigenvalue weighted by atomic mass is 16.5. The van der Waals surface area contributed by atoms with E-state index in [0.717, 1.165) is 27.6 Å². The van der Waals surface area contributed by atoms with Crippen LogP contribution in [0.3, 0.4) is 0 Å². The van der Waals surface area contributed by atoms with Crippen molar-refractivity contribution in [2.45, 2.75) is 6.61 Å². The first-order valence-corrected chi connectivity index (χ1v) is 8.24. The Hall–Kier alpha value is -3.27. The highest BCUT2D eigenvalue weighted by molar-refractivity contribution is 6.20. The maximum Gasteiger partial charge on any atom is 0.341 e. The fourth-order valence-corrected chi connectivity index (χ4v) is 2.77. The maximum absolute atomic E-state index is 12.1. The Labute approximate surface area is 152 Å². The molecule has 4 heteroatoms. The summed E-state index contributed by atoms with van der Waals surface area (Å²) in [6, 6.07) is 21.5. The van der Waals surface area contributed by atoms with E-state index < -0.39 is 5.97 Å². The van der Waals surface area contributed by atoms with Crippen molar-refractivity contribution < 1.29 is 19.0 Å². The summed E-state index contributed by atoms with van der Waals surface area (Å²) in [6.45, 7) is 0.478. The van der Waals surface area contributed by atoms with E-state index in [1.54, 1.807) is 0 Å². The molecule has 0 heterocycles. The predicted octanol–water partition coefficient (Wildman–Crippen LogP) is 4.58. The van der Waals surface area contributed by atoms with Gasteiger partial charge in [-0.25, -0.2) is 4.79 Å². The lowest BCUT2D eigenvalue weighted by atomic mass is 9.98. The van der Waals surface area contributed by atoms with E-state index in [2.05, 4.69) is 0 Å². The van der Waals surface area contributed by atoms with Crippen LogP contribution in [0.5, 0.6) is 5.75 Å². The quantitative estimate of drug-likeness (QED) is 0.372. The van der Waals surface area contributed by atoms with Crippen LogP contribution in [-0.2, 0) is 20.9 Å². The smallest absolute Gasteiger partial charge is 0.341 e. The van der Waals surface area contributed by atoms with Crippen molar-refractivity contribution in [3.8, 4) is 5.75 Å². The summed E-state index contributed by atoms with van der Waals surface area (Å²) in [5, 5.41) is 1.90. The molecule has 0 bridgehead atoms. The van der Waals surface area contributed by atoms with Crippen LogP contribution in [0.2, 0.25) is 0 Å². The zero-order valence-corrected chi connectivity index (χ0v) is 14.8. The fourth-order valence-electron chi connectivity index (χ4n) is 2.77. The Morgan fingerprint density at radius 3 is 2.50 bits per heavy atom. The number of hydrogen-bond acceptors (Lipinski definition) is 4. The van der Waals surface area contributed by atoms with Crippen LogP contribution < -0.4 is 4.74 Å². The summed E-state index contributed by atoms with van der Waals surface area (Å²) in [6.07, 6.45) is 1.40. The van der Waals surface area contributed by atoms with E-state index >= 15 is 0 Å². The van der Waals surface area contributed by atoms with Crippen LogP contribution in [0.25, 0.3) is 16.3 Å². The summed E-state index contributed by atoms with van der Waals surface area (Å²) in [4.78, 5) is 12.1. The van der Waals surface area contributed by atoms with Crippen molar-refractivity contribution in [3.05, 3.63) is 84.1 Å². The van der Waals surface area contributed by atoms with E-state index in [1.807, 2.05) is 66.7 Å². The van der Waals surface area contributed by atoms with Crippen molar-refractivity contribution in [2.75, 3.05) is 14.2 Å². The van der Waals surface area contributed by atoms with Crippen LogP contribution in [0, 0.1) is 0 Å². The predicted molar refractivity (Wildman–Crippen MR) is 102 cm³/mol. The SMILES string of the molecule is CO/C=C(\C(=O)OC)c1cccc2ccc(OCc3ccccc3)cc12. The molecular formula is C22H20O4. The van der Waals surface area contributed by atoms with Crippen molar-refractivity contribution in [1.82, 2.24) is 0 Å². The van der Waals surface area contributed by atoms with Crippen molar-refractivity contribution >= 4 is 22.3 Å². The molecule has 0 spiro atoms. The number of ether oxygens (including phenoxy) is 3. The lowest BCUT2D eigenvalue weighted by molar-refractivity contribution is -0.133. The summed E-state index contributed by atoms with van der Waals surface area (Å²) in [7, 11) is 2.85. The molecule has 3 aromatic rings. The van der Waals surface area contributed by atoms with Gasteiger partial charge in [0.15, 0.2) is 0 Å². The van der Waals surface area contributed by atoms with Crippen LogP contribution in [0.1, 0.15) is 11.1 Å². The minimum Gasteiger partial charge on any atom is -0.503 e. The Morgan fingerprint density at radius 2 is 1.77 bits per heavy atom. The molecule has 0 aliphatic carbocycles. The Morgan fingerprint density at radius 1 is 0.962 bits per heavy atom. The molecule has 0 aliphatic rings. The van der Waals surface area contributed by atoms with E-state index in [0.29, 0.717) is 12.2 Å². The maximum atomic E-state index is 12.1. The highest BCUT2D eigenvalue weighted by Gasteiger charge is 2.16. The standard InChI is InChI=1S/C22H20O4/c1-24-15-21(22(23)25-2)19-10-6-9-17-11-12-18(13-20(17)19)26-14-16-7-4-3-5-8-16/h3-13,15H,14H2,1-2H3/b21-15-. The number of carbonyl (C=O) groups excluding carboxylic acids is 1. The normalized spacial score (nSPS) is 11.2. The summed E-state index contributed by atoms with van der Waals surface area (Å²) >= 11 is 0. The molecule has 0 aromatic heterocycles. The summed E-state index contributed by atoms with van der Waals surface area (Å²) in [5.74, 6) is 0.283. The molecule has 0 atom stereocenters. The van der Waals surface area contributed by atoms with Gasteiger partial charge in [0.2, 0.25) is 0 Å². The molecule has 0 saturated carbocycles. The average molecular weight is 348 g/mol. The molecule has 0 unspecified atom stereocenters. The van der Waals surface area contributed by atoms with Crippen molar-refractivity contribution in [2.24, 2.45) is 0 Å². The van der Waals surface area contributed by atoms with Crippen LogP contribution in [-0.4, -0.2) is 20.2 Å². The van der Waals surface area contributed by atoms with Gasteiger partial charge >= 0.3 is 5.97 Å². The lowest BCUT2D eigenvalue weighted by Crippen LogP contribution is -2.05. The number of rotatable bonds is 6. The van der Waals surface area contributed by atoms with Gasteiger partial charge in [0, 0.05) is 5.56 Å². The van der Waals surface area contributed by atoms with Gasteiger partial charge in [0.25, 0.3) is 0 Å². The lowest BCUT2D eigenvalue weighted by Gasteiger charge is -2.12. The second-order valence-electron chi connectivity index (χ2n) is 5.72. The largest absolute Gasteiger partial charge is 0.503 e. The van der Waals surface area contributed by atoms with Gasteiger partial charge in [-0.1, -0.05) is 54.6 Å². The average Bonchev–Trinajstić information content (AvgIpc) is 2.70. The number of methoxy groups -OCH3 is 2. The number of esters is 1. The number of fused-ring (bicyclic) bond motifs is 1. The van der Waals surface area contributed by atoms with Gasteiger partial charge in [-0.05, 0) is 28.5 Å². The summed E-state index contributed by atoms with van der Waals surface area (Å²) < 4.78 is 15.9. The molecule has 0 saturated heterocycles. The minimum absolute atomic E-state index is 0.362. The first-order valence-electron chi connectivity index (χ1n) is 8.24. The minimum atomic E-state index is -0.449. The third kappa shape index (κ3) is 3.86. The van der Waals surface area contributed by atoms with Crippen LogP contribution >= 0.6 is 0 Å².